The predicted molar refractivity (Wildman–Crippen MR) is 90.2 cm³/mol. The van der Waals surface area contributed by atoms with E-state index in [9.17, 15) is 0 Å². The van der Waals surface area contributed by atoms with Crippen LogP contribution in [0.15, 0.2) is 12.5 Å². The molecule has 4 aromatic heterocycles. The van der Waals surface area contributed by atoms with Gasteiger partial charge in [0.25, 0.3) is 0 Å². The molecule has 8 nitrogen and oxygen atoms in total. The van der Waals surface area contributed by atoms with Crippen molar-refractivity contribution < 1.29 is 0 Å². The Labute approximate surface area is 143 Å². The van der Waals surface area contributed by atoms with Crippen molar-refractivity contribution in [3.8, 4) is 0 Å². The molecule has 0 saturated heterocycles. The van der Waals surface area contributed by atoms with E-state index in [4.69, 9.17) is 16.6 Å². The van der Waals surface area contributed by atoms with E-state index in [0.717, 1.165) is 33.9 Å². The molecule has 0 radical (unpaired) electrons. The minimum atomic E-state index is 0.0886. The van der Waals surface area contributed by atoms with Crippen LogP contribution in [0.5, 0.6) is 0 Å². The average Bonchev–Trinajstić information content (AvgIpc) is 3.21. The van der Waals surface area contributed by atoms with Crippen molar-refractivity contribution in [1.29, 1.82) is 0 Å². The van der Waals surface area contributed by atoms with Gasteiger partial charge in [0.05, 0.1) is 34.5 Å². The Hall–Kier alpha value is -2.48. The molecule has 124 valence electrons. The Balaban J connectivity index is 1.73. The minimum Gasteiger partial charge on any atom is -0.267 e. The molecule has 0 spiro atoms. The number of nitrogens with zero attached hydrogens (tertiary/aromatic N) is 8. The summed E-state index contributed by atoms with van der Waals surface area (Å²) in [7, 11) is 1.86. The van der Waals surface area contributed by atoms with Gasteiger partial charge in [0.1, 0.15) is 6.33 Å². The first kappa shape index (κ1) is 15.1. The van der Waals surface area contributed by atoms with Gasteiger partial charge in [-0.3, -0.25) is 9.36 Å². The van der Waals surface area contributed by atoms with E-state index >= 15 is 0 Å². The SMILES string of the molecule is Cc1nn(C[C@@H](C)c2nc3c4cnn(C)c4ncn3n2)c(C)c1Cl. The normalized spacial score (nSPS) is 13.2. The van der Waals surface area contributed by atoms with Gasteiger partial charge in [-0.2, -0.15) is 10.2 Å². The van der Waals surface area contributed by atoms with Crippen LogP contribution < -0.4 is 0 Å². The fourth-order valence-corrected chi connectivity index (χ4v) is 2.99. The maximum absolute atomic E-state index is 6.22. The van der Waals surface area contributed by atoms with Gasteiger partial charge in [0, 0.05) is 13.0 Å². The predicted octanol–water partition coefficient (Wildman–Crippen LogP) is 2.28. The number of fused-ring (bicyclic) bond motifs is 3. The molecule has 4 heterocycles. The standard InChI is InChI=1S/C15H17ClN8/c1-8(6-23-10(3)12(16)9(2)20-23)13-19-15-11-5-18-22(4)14(11)17-7-24(15)21-13/h5,7-8H,6H2,1-4H3/t8-/m1/s1. The average molecular weight is 345 g/mol. The van der Waals surface area contributed by atoms with E-state index in [1.165, 1.54) is 0 Å². The Morgan fingerprint density at radius 3 is 2.71 bits per heavy atom. The van der Waals surface area contributed by atoms with Crippen molar-refractivity contribution in [2.24, 2.45) is 7.05 Å². The lowest BCUT2D eigenvalue weighted by atomic mass is 10.1. The smallest absolute Gasteiger partial charge is 0.170 e. The van der Waals surface area contributed by atoms with E-state index in [0.29, 0.717) is 11.6 Å². The first-order valence-electron chi connectivity index (χ1n) is 7.68. The summed E-state index contributed by atoms with van der Waals surface area (Å²) in [6.45, 7) is 6.62. The summed E-state index contributed by atoms with van der Waals surface area (Å²) < 4.78 is 5.33. The summed E-state index contributed by atoms with van der Waals surface area (Å²) >= 11 is 6.22. The third kappa shape index (κ3) is 2.17. The Morgan fingerprint density at radius 1 is 1.21 bits per heavy atom. The number of hydrogen-bond donors (Lipinski definition) is 0. The van der Waals surface area contributed by atoms with Crippen LogP contribution in [0.1, 0.15) is 30.1 Å². The summed E-state index contributed by atoms with van der Waals surface area (Å²) in [6.07, 6.45) is 3.43. The van der Waals surface area contributed by atoms with Gasteiger partial charge in [-0.1, -0.05) is 18.5 Å². The van der Waals surface area contributed by atoms with Gasteiger partial charge >= 0.3 is 0 Å². The van der Waals surface area contributed by atoms with Gasteiger partial charge in [0.15, 0.2) is 17.1 Å². The summed E-state index contributed by atoms with van der Waals surface area (Å²) in [6, 6.07) is 0. The van der Waals surface area contributed by atoms with Crippen LogP contribution in [0.25, 0.3) is 16.7 Å². The molecule has 0 aliphatic carbocycles. The maximum Gasteiger partial charge on any atom is 0.170 e. The van der Waals surface area contributed by atoms with Gasteiger partial charge in [0.2, 0.25) is 0 Å². The molecular weight excluding hydrogens is 328 g/mol. The minimum absolute atomic E-state index is 0.0886. The third-order valence-electron chi connectivity index (χ3n) is 4.27. The van der Waals surface area contributed by atoms with Crippen molar-refractivity contribution in [3.05, 3.63) is 34.8 Å². The number of rotatable bonds is 3. The van der Waals surface area contributed by atoms with Crippen molar-refractivity contribution in [2.75, 3.05) is 0 Å². The number of halogens is 1. The lowest BCUT2D eigenvalue weighted by molar-refractivity contribution is 0.512. The first-order valence-corrected chi connectivity index (χ1v) is 8.06. The van der Waals surface area contributed by atoms with E-state index in [1.54, 1.807) is 21.7 Å². The van der Waals surface area contributed by atoms with Gasteiger partial charge < -0.3 is 0 Å². The van der Waals surface area contributed by atoms with Gasteiger partial charge in [-0.25, -0.2) is 14.5 Å². The summed E-state index contributed by atoms with van der Waals surface area (Å²) in [5.74, 6) is 0.836. The summed E-state index contributed by atoms with van der Waals surface area (Å²) in [5, 5.41) is 14.9. The second-order valence-electron chi connectivity index (χ2n) is 6.06. The highest BCUT2D eigenvalue weighted by atomic mass is 35.5. The second-order valence-corrected chi connectivity index (χ2v) is 6.43. The molecular formula is C15H17ClN8. The van der Waals surface area contributed by atoms with Crippen LogP contribution >= 0.6 is 11.6 Å². The molecule has 4 rings (SSSR count). The highest BCUT2D eigenvalue weighted by Crippen LogP contribution is 2.23. The van der Waals surface area contributed by atoms with Crippen molar-refractivity contribution in [1.82, 2.24) is 39.1 Å². The molecule has 0 aliphatic heterocycles. The summed E-state index contributed by atoms with van der Waals surface area (Å²) in [4.78, 5) is 9.07. The fourth-order valence-electron chi connectivity index (χ4n) is 2.86. The molecule has 0 unspecified atom stereocenters. The molecule has 0 N–H and O–H groups in total. The molecule has 0 aromatic carbocycles. The zero-order valence-corrected chi connectivity index (χ0v) is 14.7. The molecule has 0 fully saturated rings. The van der Waals surface area contributed by atoms with E-state index in [2.05, 4.69) is 27.2 Å². The fraction of sp³-hybridized carbons (Fsp3) is 0.400. The molecule has 24 heavy (non-hydrogen) atoms. The van der Waals surface area contributed by atoms with Gasteiger partial charge in [-0.05, 0) is 13.8 Å². The molecule has 0 saturated carbocycles. The highest BCUT2D eigenvalue weighted by Gasteiger charge is 2.18. The zero-order chi connectivity index (χ0) is 17.0. The van der Waals surface area contributed by atoms with Crippen LogP contribution in [-0.2, 0) is 13.6 Å². The van der Waals surface area contributed by atoms with Crippen LogP contribution in [0.2, 0.25) is 5.02 Å². The van der Waals surface area contributed by atoms with Gasteiger partial charge in [-0.15, -0.1) is 5.10 Å². The summed E-state index contributed by atoms with van der Waals surface area (Å²) in [5.41, 5.74) is 3.35. The Bertz CT molecular complexity index is 1060. The van der Waals surface area contributed by atoms with Crippen molar-refractivity contribution >= 4 is 28.3 Å². The molecule has 1 atom stereocenters. The van der Waals surface area contributed by atoms with Crippen LogP contribution in [0.3, 0.4) is 0 Å². The van der Waals surface area contributed by atoms with E-state index < -0.39 is 0 Å². The number of aryl methyl sites for hydroxylation is 2. The number of hydrogen-bond acceptors (Lipinski definition) is 5. The quantitative estimate of drug-likeness (QED) is 0.569. The maximum atomic E-state index is 6.22. The largest absolute Gasteiger partial charge is 0.267 e. The zero-order valence-electron chi connectivity index (χ0n) is 13.9. The topological polar surface area (TPSA) is 78.7 Å². The van der Waals surface area contributed by atoms with Crippen LogP contribution in [-0.4, -0.2) is 39.1 Å². The lowest BCUT2D eigenvalue weighted by Gasteiger charge is -2.09. The van der Waals surface area contributed by atoms with E-state index in [1.807, 2.05) is 25.6 Å². The van der Waals surface area contributed by atoms with Crippen LogP contribution in [0.4, 0.5) is 0 Å². The Morgan fingerprint density at radius 2 is 2.00 bits per heavy atom. The third-order valence-corrected chi connectivity index (χ3v) is 4.81. The second kappa shape index (κ2) is 5.27. The van der Waals surface area contributed by atoms with Crippen LogP contribution in [0, 0.1) is 13.8 Å². The molecule has 0 bridgehead atoms. The lowest BCUT2D eigenvalue weighted by Crippen LogP contribution is -2.10. The molecule has 9 heteroatoms. The molecule has 0 aliphatic rings. The van der Waals surface area contributed by atoms with Crippen molar-refractivity contribution in [3.63, 3.8) is 0 Å². The van der Waals surface area contributed by atoms with E-state index in [-0.39, 0.29) is 5.92 Å². The van der Waals surface area contributed by atoms with Crippen molar-refractivity contribution in [2.45, 2.75) is 33.2 Å². The monoisotopic (exact) mass is 344 g/mol. The Kier molecular flexibility index (Phi) is 3.31. The molecule has 4 aromatic rings. The number of aromatic nitrogens is 8. The first-order chi connectivity index (χ1) is 11.5. The molecule has 0 amide bonds. The highest BCUT2D eigenvalue weighted by molar-refractivity contribution is 6.31.